The first-order valence-corrected chi connectivity index (χ1v) is 5.19. The van der Waals surface area contributed by atoms with Gasteiger partial charge in [-0.1, -0.05) is 13.0 Å². The lowest BCUT2D eigenvalue weighted by atomic mass is 10.0. The molecule has 0 aliphatic rings. The maximum absolute atomic E-state index is 13.4. The molecule has 2 rings (SSSR count). The molecule has 0 fully saturated rings. The van der Waals surface area contributed by atoms with Crippen LogP contribution in [-0.4, -0.2) is 9.78 Å². The Balaban J connectivity index is 2.55. The van der Waals surface area contributed by atoms with Crippen molar-refractivity contribution in [1.29, 1.82) is 0 Å². The van der Waals surface area contributed by atoms with Crippen molar-refractivity contribution in [3.63, 3.8) is 0 Å². The quantitative estimate of drug-likeness (QED) is 0.842. The SMILES string of the molecule is CCc1cc(F)cc(-c2cnn(C)c2N)c1. The van der Waals surface area contributed by atoms with E-state index >= 15 is 0 Å². The zero-order chi connectivity index (χ0) is 11.7. The molecule has 16 heavy (non-hydrogen) atoms. The summed E-state index contributed by atoms with van der Waals surface area (Å²) in [7, 11) is 1.76. The lowest BCUT2D eigenvalue weighted by Gasteiger charge is -2.04. The lowest BCUT2D eigenvalue weighted by molar-refractivity contribution is 0.626. The van der Waals surface area contributed by atoms with Gasteiger partial charge in [0.1, 0.15) is 11.6 Å². The van der Waals surface area contributed by atoms with Crippen molar-refractivity contribution in [3.05, 3.63) is 35.8 Å². The van der Waals surface area contributed by atoms with E-state index in [4.69, 9.17) is 5.73 Å². The number of aryl methyl sites for hydroxylation is 2. The van der Waals surface area contributed by atoms with Gasteiger partial charge in [-0.15, -0.1) is 0 Å². The number of anilines is 1. The van der Waals surface area contributed by atoms with Crippen molar-refractivity contribution in [3.8, 4) is 11.1 Å². The van der Waals surface area contributed by atoms with Crippen LogP contribution in [0.25, 0.3) is 11.1 Å². The molecule has 0 amide bonds. The first-order valence-electron chi connectivity index (χ1n) is 5.19. The lowest BCUT2D eigenvalue weighted by Crippen LogP contribution is -1.98. The monoisotopic (exact) mass is 219 g/mol. The summed E-state index contributed by atoms with van der Waals surface area (Å²) in [6, 6.07) is 4.96. The summed E-state index contributed by atoms with van der Waals surface area (Å²) in [6.45, 7) is 1.99. The number of halogens is 1. The number of benzene rings is 1. The minimum Gasteiger partial charge on any atom is -0.383 e. The molecule has 4 heteroatoms. The second kappa shape index (κ2) is 3.96. The van der Waals surface area contributed by atoms with Gasteiger partial charge in [-0.05, 0) is 29.7 Å². The summed E-state index contributed by atoms with van der Waals surface area (Å²) in [5, 5.41) is 4.05. The Morgan fingerprint density at radius 3 is 2.69 bits per heavy atom. The van der Waals surface area contributed by atoms with Crippen LogP contribution in [0.1, 0.15) is 12.5 Å². The third-order valence-corrected chi connectivity index (χ3v) is 2.66. The van der Waals surface area contributed by atoms with E-state index < -0.39 is 0 Å². The zero-order valence-corrected chi connectivity index (χ0v) is 9.37. The fraction of sp³-hybridized carbons (Fsp3) is 0.250. The van der Waals surface area contributed by atoms with E-state index in [1.165, 1.54) is 12.1 Å². The fourth-order valence-corrected chi connectivity index (χ4v) is 1.68. The number of nitrogens with two attached hydrogens (primary N) is 1. The largest absolute Gasteiger partial charge is 0.383 e. The summed E-state index contributed by atoms with van der Waals surface area (Å²) in [5.41, 5.74) is 8.37. The molecule has 0 saturated carbocycles. The molecule has 1 aromatic heterocycles. The van der Waals surface area contributed by atoms with Gasteiger partial charge in [-0.25, -0.2) is 4.39 Å². The zero-order valence-electron chi connectivity index (χ0n) is 9.37. The second-order valence-electron chi connectivity index (χ2n) is 3.77. The molecule has 2 N–H and O–H groups in total. The van der Waals surface area contributed by atoms with Crippen molar-refractivity contribution >= 4 is 5.82 Å². The Labute approximate surface area is 93.7 Å². The summed E-state index contributed by atoms with van der Waals surface area (Å²) >= 11 is 0. The average Bonchev–Trinajstić information content (AvgIpc) is 2.59. The maximum atomic E-state index is 13.4. The molecule has 0 saturated heterocycles. The molecule has 0 spiro atoms. The molecule has 2 aromatic rings. The van der Waals surface area contributed by atoms with Crippen LogP contribution < -0.4 is 5.73 Å². The molecular weight excluding hydrogens is 205 g/mol. The summed E-state index contributed by atoms with van der Waals surface area (Å²) in [4.78, 5) is 0. The predicted molar refractivity (Wildman–Crippen MR) is 62.4 cm³/mol. The maximum Gasteiger partial charge on any atom is 0.129 e. The van der Waals surface area contributed by atoms with Crippen molar-refractivity contribution < 1.29 is 4.39 Å². The third kappa shape index (κ3) is 1.78. The van der Waals surface area contributed by atoms with Gasteiger partial charge in [-0.2, -0.15) is 5.10 Å². The van der Waals surface area contributed by atoms with Gasteiger partial charge in [0.2, 0.25) is 0 Å². The first-order chi connectivity index (χ1) is 7.61. The highest BCUT2D eigenvalue weighted by Gasteiger charge is 2.09. The highest BCUT2D eigenvalue weighted by molar-refractivity contribution is 5.73. The van der Waals surface area contributed by atoms with E-state index in [-0.39, 0.29) is 5.82 Å². The van der Waals surface area contributed by atoms with E-state index in [0.717, 1.165) is 23.1 Å². The van der Waals surface area contributed by atoms with Crippen LogP contribution >= 0.6 is 0 Å². The van der Waals surface area contributed by atoms with Gasteiger partial charge in [0.05, 0.1) is 6.20 Å². The number of hydrogen-bond donors (Lipinski definition) is 1. The van der Waals surface area contributed by atoms with Crippen LogP contribution in [0.5, 0.6) is 0 Å². The third-order valence-electron chi connectivity index (χ3n) is 2.66. The van der Waals surface area contributed by atoms with E-state index in [2.05, 4.69) is 5.10 Å². The Kier molecular flexibility index (Phi) is 2.64. The molecule has 0 radical (unpaired) electrons. The minimum atomic E-state index is -0.238. The molecular formula is C12H14FN3. The van der Waals surface area contributed by atoms with Gasteiger partial charge < -0.3 is 5.73 Å². The molecule has 0 bridgehead atoms. The van der Waals surface area contributed by atoms with Crippen LogP contribution in [0.3, 0.4) is 0 Å². The van der Waals surface area contributed by atoms with Gasteiger partial charge in [0.15, 0.2) is 0 Å². The number of nitrogen functional groups attached to an aromatic ring is 1. The average molecular weight is 219 g/mol. The molecule has 0 aliphatic heterocycles. The first kappa shape index (κ1) is 10.7. The van der Waals surface area contributed by atoms with Gasteiger partial charge in [-0.3, -0.25) is 4.68 Å². The Bertz CT molecular complexity index is 517. The Morgan fingerprint density at radius 2 is 2.12 bits per heavy atom. The van der Waals surface area contributed by atoms with Crippen LogP contribution in [-0.2, 0) is 13.5 Å². The molecule has 84 valence electrons. The van der Waals surface area contributed by atoms with Gasteiger partial charge in [0.25, 0.3) is 0 Å². The standard InChI is InChI=1S/C12H14FN3/c1-3-8-4-9(6-10(13)5-8)11-7-15-16(2)12(11)14/h4-7H,3,14H2,1-2H3. The normalized spacial score (nSPS) is 10.7. The number of hydrogen-bond acceptors (Lipinski definition) is 2. The molecule has 0 unspecified atom stereocenters. The fourth-order valence-electron chi connectivity index (χ4n) is 1.68. The smallest absolute Gasteiger partial charge is 0.129 e. The highest BCUT2D eigenvalue weighted by atomic mass is 19.1. The number of aromatic nitrogens is 2. The molecule has 3 nitrogen and oxygen atoms in total. The van der Waals surface area contributed by atoms with Crippen LogP contribution in [0.4, 0.5) is 10.2 Å². The minimum absolute atomic E-state index is 0.238. The van der Waals surface area contributed by atoms with Crippen molar-refractivity contribution in [1.82, 2.24) is 9.78 Å². The van der Waals surface area contributed by atoms with E-state index in [1.54, 1.807) is 17.9 Å². The second-order valence-corrected chi connectivity index (χ2v) is 3.77. The Hall–Kier alpha value is -1.84. The summed E-state index contributed by atoms with van der Waals surface area (Å²) < 4.78 is 14.9. The summed E-state index contributed by atoms with van der Waals surface area (Å²) in [6.07, 6.45) is 2.45. The van der Waals surface area contributed by atoms with Crippen molar-refractivity contribution in [2.24, 2.45) is 7.05 Å². The topological polar surface area (TPSA) is 43.8 Å². The number of nitrogens with zero attached hydrogens (tertiary/aromatic N) is 2. The summed E-state index contributed by atoms with van der Waals surface area (Å²) in [5.74, 6) is 0.310. The van der Waals surface area contributed by atoms with E-state index in [1.807, 2.05) is 13.0 Å². The van der Waals surface area contributed by atoms with Crippen LogP contribution in [0.15, 0.2) is 24.4 Å². The Morgan fingerprint density at radius 1 is 1.38 bits per heavy atom. The van der Waals surface area contributed by atoms with Crippen LogP contribution in [0.2, 0.25) is 0 Å². The van der Waals surface area contributed by atoms with Crippen molar-refractivity contribution in [2.45, 2.75) is 13.3 Å². The van der Waals surface area contributed by atoms with E-state index in [9.17, 15) is 4.39 Å². The molecule has 1 heterocycles. The van der Waals surface area contributed by atoms with Crippen LogP contribution in [0, 0.1) is 5.82 Å². The molecule has 1 aromatic carbocycles. The van der Waals surface area contributed by atoms with E-state index in [0.29, 0.717) is 5.82 Å². The number of rotatable bonds is 2. The molecule has 0 aliphatic carbocycles. The highest BCUT2D eigenvalue weighted by Crippen LogP contribution is 2.26. The van der Waals surface area contributed by atoms with Gasteiger partial charge in [0, 0.05) is 12.6 Å². The van der Waals surface area contributed by atoms with Crippen molar-refractivity contribution in [2.75, 3.05) is 5.73 Å². The predicted octanol–water partition coefficient (Wildman–Crippen LogP) is 2.37. The van der Waals surface area contributed by atoms with Gasteiger partial charge >= 0.3 is 0 Å². The molecule has 0 atom stereocenters.